The Morgan fingerprint density at radius 1 is 1.37 bits per heavy atom. The zero-order valence-electron chi connectivity index (χ0n) is 12.6. The Hall–Kier alpha value is -0.390. The van der Waals surface area contributed by atoms with Gasteiger partial charge in [0.15, 0.2) is 0 Å². The van der Waals surface area contributed by atoms with Gasteiger partial charge in [-0.05, 0) is 49.7 Å². The fourth-order valence-electron chi connectivity index (χ4n) is 2.34. The fourth-order valence-corrected chi connectivity index (χ4v) is 2.86. The molecule has 1 aromatic heterocycles. The Kier molecular flexibility index (Phi) is 7.04. The molecule has 0 bridgehead atoms. The molecule has 1 N–H and O–H groups in total. The number of nitrogens with zero attached hydrogens (tertiary/aromatic N) is 2. The SMILES string of the molecule is CCNC(c1c(Br)cnn1C(C)C)C(CC)OCC. The van der Waals surface area contributed by atoms with Gasteiger partial charge in [-0.15, -0.1) is 0 Å². The second-order valence-electron chi connectivity index (χ2n) is 4.85. The van der Waals surface area contributed by atoms with Gasteiger partial charge in [0.05, 0.1) is 28.5 Å². The van der Waals surface area contributed by atoms with E-state index < -0.39 is 0 Å². The van der Waals surface area contributed by atoms with Crippen molar-refractivity contribution in [1.29, 1.82) is 0 Å². The number of ether oxygens (including phenoxy) is 1. The van der Waals surface area contributed by atoms with E-state index in [1.165, 1.54) is 5.69 Å². The summed E-state index contributed by atoms with van der Waals surface area (Å²) in [4.78, 5) is 0. The Bertz CT molecular complexity index is 379. The summed E-state index contributed by atoms with van der Waals surface area (Å²) in [5.41, 5.74) is 1.18. The zero-order valence-corrected chi connectivity index (χ0v) is 14.2. The maximum Gasteiger partial charge on any atom is 0.0782 e. The summed E-state index contributed by atoms with van der Waals surface area (Å²) in [6.45, 7) is 12.3. The molecule has 0 aliphatic heterocycles. The van der Waals surface area contributed by atoms with Crippen LogP contribution in [0.15, 0.2) is 10.7 Å². The van der Waals surface area contributed by atoms with Crippen LogP contribution in [0.3, 0.4) is 0 Å². The maximum atomic E-state index is 5.89. The van der Waals surface area contributed by atoms with Crippen LogP contribution in [0.4, 0.5) is 0 Å². The van der Waals surface area contributed by atoms with Crippen molar-refractivity contribution < 1.29 is 4.74 Å². The Morgan fingerprint density at radius 2 is 2.05 bits per heavy atom. The highest BCUT2D eigenvalue weighted by Gasteiger charge is 2.27. The number of nitrogens with one attached hydrogen (secondary N) is 1. The lowest BCUT2D eigenvalue weighted by Gasteiger charge is -2.28. The van der Waals surface area contributed by atoms with Crippen molar-refractivity contribution >= 4 is 15.9 Å². The molecule has 2 atom stereocenters. The molecule has 110 valence electrons. The summed E-state index contributed by atoms with van der Waals surface area (Å²) in [5.74, 6) is 0. The highest BCUT2D eigenvalue weighted by molar-refractivity contribution is 9.10. The van der Waals surface area contributed by atoms with Crippen molar-refractivity contribution in [2.75, 3.05) is 13.2 Å². The number of halogens is 1. The van der Waals surface area contributed by atoms with Crippen LogP contribution >= 0.6 is 15.9 Å². The molecule has 0 saturated heterocycles. The summed E-state index contributed by atoms with van der Waals surface area (Å²) in [7, 11) is 0. The van der Waals surface area contributed by atoms with E-state index in [0.29, 0.717) is 6.04 Å². The van der Waals surface area contributed by atoms with Crippen molar-refractivity contribution in [3.8, 4) is 0 Å². The molecular formula is C14H26BrN3O. The molecule has 0 radical (unpaired) electrons. The molecule has 0 aliphatic rings. The smallest absolute Gasteiger partial charge is 0.0782 e. The third kappa shape index (κ3) is 4.04. The van der Waals surface area contributed by atoms with Crippen LogP contribution < -0.4 is 5.32 Å². The summed E-state index contributed by atoms with van der Waals surface area (Å²) in [6, 6.07) is 0.496. The summed E-state index contributed by atoms with van der Waals surface area (Å²) < 4.78 is 9.01. The zero-order chi connectivity index (χ0) is 14.4. The van der Waals surface area contributed by atoms with E-state index in [2.05, 4.69) is 58.7 Å². The first-order valence-corrected chi connectivity index (χ1v) is 7.93. The van der Waals surface area contributed by atoms with Crippen LogP contribution in [0, 0.1) is 0 Å². The molecule has 0 amide bonds. The molecule has 2 unspecified atom stereocenters. The first kappa shape index (κ1) is 16.7. The molecule has 1 aromatic rings. The Labute approximate surface area is 125 Å². The Balaban J connectivity index is 3.13. The van der Waals surface area contributed by atoms with Crippen molar-refractivity contribution in [1.82, 2.24) is 15.1 Å². The van der Waals surface area contributed by atoms with Gasteiger partial charge in [-0.1, -0.05) is 13.8 Å². The third-order valence-corrected chi connectivity index (χ3v) is 3.76. The standard InChI is InChI=1S/C14H26BrN3O/c1-6-12(19-8-3)13(16-7-2)14-11(15)9-17-18(14)10(4)5/h9-10,12-13,16H,6-8H2,1-5H3. The largest absolute Gasteiger partial charge is 0.376 e. The van der Waals surface area contributed by atoms with Gasteiger partial charge < -0.3 is 10.1 Å². The van der Waals surface area contributed by atoms with Crippen LogP contribution in [0.5, 0.6) is 0 Å². The van der Waals surface area contributed by atoms with Crippen LogP contribution in [-0.4, -0.2) is 29.0 Å². The van der Waals surface area contributed by atoms with Gasteiger partial charge in [0.1, 0.15) is 0 Å². The van der Waals surface area contributed by atoms with Crippen molar-refractivity contribution in [2.24, 2.45) is 0 Å². The van der Waals surface area contributed by atoms with Crippen molar-refractivity contribution in [3.63, 3.8) is 0 Å². The summed E-state index contributed by atoms with van der Waals surface area (Å²) >= 11 is 3.63. The molecule has 0 aromatic carbocycles. The predicted molar refractivity (Wildman–Crippen MR) is 82.4 cm³/mol. The highest BCUT2D eigenvalue weighted by atomic mass is 79.9. The number of hydrogen-bond donors (Lipinski definition) is 1. The molecule has 0 aliphatic carbocycles. The Morgan fingerprint density at radius 3 is 2.53 bits per heavy atom. The first-order chi connectivity index (χ1) is 9.06. The van der Waals surface area contributed by atoms with E-state index in [1.54, 1.807) is 0 Å². The fraction of sp³-hybridized carbons (Fsp3) is 0.786. The normalized spacial score (nSPS) is 14.9. The van der Waals surface area contributed by atoms with Gasteiger partial charge in [-0.2, -0.15) is 5.10 Å². The van der Waals surface area contributed by atoms with E-state index in [0.717, 1.165) is 24.0 Å². The number of rotatable bonds is 8. The quantitative estimate of drug-likeness (QED) is 0.789. The van der Waals surface area contributed by atoms with E-state index in [9.17, 15) is 0 Å². The topological polar surface area (TPSA) is 39.1 Å². The lowest BCUT2D eigenvalue weighted by Crippen LogP contribution is -2.35. The average molecular weight is 332 g/mol. The third-order valence-electron chi connectivity index (χ3n) is 3.15. The van der Waals surface area contributed by atoms with Crippen LogP contribution in [-0.2, 0) is 4.74 Å². The maximum absolute atomic E-state index is 5.89. The van der Waals surface area contributed by atoms with Gasteiger partial charge in [-0.3, -0.25) is 4.68 Å². The molecule has 4 nitrogen and oxygen atoms in total. The lowest BCUT2D eigenvalue weighted by molar-refractivity contribution is 0.0291. The second kappa shape index (κ2) is 8.02. The molecule has 19 heavy (non-hydrogen) atoms. The molecular weight excluding hydrogens is 306 g/mol. The van der Waals surface area contributed by atoms with E-state index in [-0.39, 0.29) is 12.1 Å². The average Bonchev–Trinajstić information content (AvgIpc) is 2.75. The van der Waals surface area contributed by atoms with Gasteiger partial charge in [0.2, 0.25) is 0 Å². The minimum absolute atomic E-state index is 0.161. The van der Waals surface area contributed by atoms with Crippen LogP contribution in [0.1, 0.15) is 58.8 Å². The second-order valence-corrected chi connectivity index (χ2v) is 5.71. The van der Waals surface area contributed by atoms with Gasteiger partial charge in [-0.25, -0.2) is 0 Å². The molecule has 0 spiro atoms. The molecule has 0 saturated carbocycles. The first-order valence-electron chi connectivity index (χ1n) is 7.14. The van der Waals surface area contributed by atoms with Gasteiger partial charge in [0, 0.05) is 12.6 Å². The van der Waals surface area contributed by atoms with Crippen LogP contribution in [0.2, 0.25) is 0 Å². The van der Waals surface area contributed by atoms with Crippen molar-refractivity contribution in [2.45, 2.75) is 59.2 Å². The molecule has 0 fully saturated rings. The summed E-state index contributed by atoms with van der Waals surface area (Å²) in [6.07, 6.45) is 3.01. The minimum Gasteiger partial charge on any atom is -0.376 e. The van der Waals surface area contributed by atoms with E-state index in [1.807, 2.05) is 13.1 Å². The minimum atomic E-state index is 0.161. The highest BCUT2D eigenvalue weighted by Crippen LogP contribution is 2.30. The summed E-state index contributed by atoms with van der Waals surface area (Å²) in [5, 5.41) is 8.01. The molecule has 1 rings (SSSR count). The van der Waals surface area contributed by atoms with Gasteiger partial charge in [0.25, 0.3) is 0 Å². The monoisotopic (exact) mass is 331 g/mol. The van der Waals surface area contributed by atoms with Crippen LogP contribution in [0.25, 0.3) is 0 Å². The van der Waals surface area contributed by atoms with E-state index in [4.69, 9.17) is 4.74 Å². The lowest BCUT2D eigenvalue weighted by atomic mass is 10.0. The number of aromatic nitrogens is 2. The van der Waals surface area contributed by atoms with E-state index >= 15 is 0 Å². The molecule has 5 heteroatoms. The number of likely N-dealkylation sites (N-methyl/N-ethyl adjacent to an activating group) is 1. The number of hydrogen-bond acceptors (Lipinski definition) is 3. The predicted octanol–water partition coefficient (Wildman–Crippen LogP) is 3.69. The van der Waals surface area contributed by atoms with Gasteiger partial charge >= 0.3 is 0 Å². The van der Waals surface area contributed by atoms with Crippen molar-refractivity contribution in [3.05, 3.63) is 16.4 Å². The molecule has 1 heterocycles.